The van der Waals surface area contributed by atoms with Crippen molar-refractivity contribution < 1.29 is 27.4 Å². The molecule has 35 heavy (non-hydrogen) atoms. The molecule has 0 aliphatic heterocycles. The third kappa shape index (κ3) is 6.66. The number of carbonyl (C=O) groups excluding carboxylic acids is 1. The number of benzene rings is 3. The lowest BCUT2D eigenvalue weighted by Crippen LogP contribution is -2.16. The van der Waals surface area contributed by atoms with Crippen LogP contribution in [0.3, 0.4) is 0 Å². The van der Waals surface area contributed by atoms with E-state index in [0.717, 1.165) is 5.56 Å². The summed E-state index contributed by atoms with van der Waals surface area (Å²) in [5.74, 6) is 1.59. The van der Waals surface area contributed by atoms with Crippen LogP contribution in [0.5, 0.6) is 17.2 Å². The number of hydrogen-bond donors (Lipinski definition) is 2. The molecule has 0 bridgehead atoms. The van der Waals surface area contributed by atoms with E-state index in [2.05, 4.69) is 10.0 Å². The van der Waals surface area contributed by atoms with Gasteiger partial charge in [-0.1, -0.05) is 18.2 Å². The molecule has 186 valence electrons. The van der Waals surface area contributed by atoms with Gasteiger partial charge in [0.25, 0.3) is 10.0 Å². The van der Waals surface area contributed by atoms with Crippen molar-refractivity contribution in [2.75, 3.05) is 30.9 Å². The summed E-state index contributed by atoms with van der Waals surface area (Å²) in [6, 6.07) is 17.0. The molecule has 8 nitrogen and oxygen atoms in total. The molecule has 9 heteroatoms. The first kappa shape index (κ1) is 25.9. The second kappa shape index (κ2) is 11.6. The third-order valence-corrected chi connectivity index (χ3v) is 6.81. The summed E-state index contributed by atoms with van der Waals surface area (Å²) in [4.78, 5) is 12.7. The normalized spacial score (nSPS) is 11.0. The van der Waals surface area contributed by atoms with Gasteiger partial charge in [-0.3, -0.25) is 9.52 Å². The van der Waals surface area contributed by atoms with E-state index in [9.17, 15) is 13.2 Å². The van der Waals surface area contributed by atoms with Gasteiger partial charge in [-0.05, 0) is 73.9 Å². The van der Waals surface area contributed by atoms with Crippen molar-refractivity contribution in [3.63, 3.8) is 0 Å². The number of rotatable bonds is 11. The molecule has 1 amide bonds. The number of carbonyl (C=O) groups is 1. The molecule has 0 unspecified atom stereocenters. The predicted octanol–water partition coefficient (Wildman–Crippen LogP) is 4.78. The van der Waals surface area contributed by atoms with E-state index in [4.69, 9.17) is 14.2 Å². The van der Waals surface area contributed by atoms with Crippen molar-refractivity contribution in [1.29, 1.82) is 0 Å². The first-order valence-electron chi connectivity index (χ1n) is 11.1. The number of methoxy groups -OCH3 is 2. The minimum atomic E-state index is -3.87. The van der Waals surface area contributed by atoms with Crippen LogP contribution in [0.25, 0.3) is 0 Å². The van der Waals surface area contributed by atoms with Crippen LogP contribution < -0.4 is 24.2 Å². The Balaban J connectivity index is 1.70. The quantitative estimate of drug-likeness (QED) is 0.394. The van der Waals surface area contributed by atoms with Gasteiger partial charge in [-0.25, -0.2) is 8.42 Å². The van der Waals surface area contributed by atoms with Crippen molar-refractivity contribution in [3.8, 4) is 17.2 Å². The molecule has 3 aromatic carbocycles. The second-order valence-corrected chi connectivity index (χ2v) is 9.39. The molecule has 0 saturated heterocycles. The summed E-state index contributed by atoms with van der Waals surface area (Å²) in [6.07, 6.45) is 0.617. The first-order valence-corrected chi connectivity index (χ1v) is 12.6. The Labute approximate surface area is 206 Å². The summed E-state index contributed by atoms with van der Waals surface area (Å²) < 4.78 is 44.7. The first-order chi connectivity index (χ1) is 16.8. The van der Waals surface area contributed by atoms with E-state index >= 15 is 0 Å². The van der Waals surface area contributed by atoms with Crippen LogP contribution in [0.4, 0.5) is 11.4 Å². The number of amides is 1. The Morgan fingerprint density at radius 2 is 1.66 bits per heavy atom. The summed E-state index contributed by atoms with van der Waals surface area (Å²) in [5.41, 5.74) is 2.20. The highest BCUT2D eigenvalue weighted by atomic mass is 32.2. The molecule has 0 aliphatic carbocycles. The minimum absolute atomic E-state index is 0.0821. The highest BCUT2D eigenvalue weighted by Crippen LogP contribution is 2.31. The van der Waals surface area contributed by atoms with Crippen LogP contribution >= 0.6 is 0 Å². The van der Waals surface area contributed by atoms with Crippen LogP contribution in [-0.4, -0.2) is 35.2 Å². The van der Waals surface area contributed by atoms with Gasteiger partial charge in [0.2, 0.25) is 5.91 Å². The van der Waals surface area contributed by atoms with Crippen LogP contribution in [0, 0.1) is 6.92 Å². The predicted molar refractivity (Wildman–Crippen MR) is 136 cm³/mol. The molecule has 3 rings (SSSR count). The van der Waals surface area contributed by atoms with Crippen molar-refractivity contribution in [2.24, 2.45) is 0 Å². The lowest BCUT2D eigenvalue weighted by atomic mass is 10.1. The van der Waals surface area contributed by atoms with Crippen molar-refractivity contribution in [2.45, 2.75) is 31.6 Å². The summed E-state index contributed by atoms with van der Waals surface area (Å²) in [7, 11) is -0.762. The van der Waals surface area contributed by atoms with Crippen molar-refractivity contribution in [3.05, 3.63) is 71.8 Å². The zero-order valence-electron chi connectivity index (χ0n) is 20.3. The molecule has 2 N–H and O–H groups in total. The maximum atomic E-state index is 13.0. The Morgan fingerprint density at radius 3 is 2.31 bits per heavy atom. The van der Waals surface area contributed by atoms with Crippen LogP contribution in [0.1, 0.15) is 24.5 Å². The van der Waals surface area contributed by atoms with Crippen LogP contribution in [0.15, 0.2) is 65.6 Å². The van der Waals surface area contributed by atoms with Crippen molar-refractivity contribution >= 4 is 27.3 Å². The Kier molecular flexibility index (Phi) is 8.59. The van der Waals surface area contributed by atoms with Crippen molar-refractivity contribution in [1.82, 2.24) is 0 Å². The average Bonchev–Trinajstić information content (AvgIpc) is 2.84. The van der Waals surface area contributed by atoms with Crippen LogP contribution in [-0.2, 0) is 21.2 Å². The average molecular weight is 499 g/mol. The molecule has 0 heterocycles. The Hall–Kier alpha value is -3.72. The molecule has 0 fully saturated rings. The lowest BCUT2D eigenvalue weighted by molar-refractivity contribution is -0.116. The number of anilines is 2. The standard InChI is InChI=1S/C26H30N2O6S/c1-5-34-22-14-12-20(13-15-22)28-35(30,31)24-17-21(11-9-18(24)2)27-25(29)16-10-19-7-6-8-23(32-3)26(19)33-4/h6-9,11-15,17,28H,5,10,16H2,1-4H3,(H,27,29). The van der Waals surface area contributed by atoms with Gasteiger partial charge in [-0.15, -0.1) is 0 Å². The SMILES string of the molecule is CCOc1ccc(NS(=O)(=O)c2cc(NC(=O)CCc3cccc(OC)c3OC)ccc2C)cc1. The van der Waals surface area contributed by atoms with Gasteiger partial charge in [0.1, 0.15) is 5.75 Å². The number of ether oxygens (including phenoxy) is 3. The third-order valence-electron chi connectivity index (χ3n) is 5.28. The molecule has 0 atom stereocenters. The maximum absolute atomic E-state index is 13.0. The highest BCUT2D eigenvalue weighted by Gasteiger charge is 2.19. The smallest absolute Gasteiger partial charge is 0.262 e. The van der Waals surface area contributed by atoms with Gasteiger partial charge in [0.05, 0.1) is 25.7 Å². The lowest BCUT2D eigenvalue weighted by Gasteiger charge is -2.14. The molecule has 0 aromatic heterocycles. The van der Waals surface area contributed by atoms with Gasteiger partial charge in [0.15, 0.2) is 11.5 Å². The maximum Gasteiger partial charge on any atom is 0.262 e. The van der Waals surface area contributed by atoms with E-state index in [-0.39, 0.29) is 17.2 Å². The number of hydrogen-bond acceptors (Lipinski definition) is 6. The number of para-hydroxylation sites is 1. The number of sulfonamides is 1. The largest absolute Gasteiger partial charge is 0.494 e. The molecule has 0 aliphatic rings. The highest BCUT2D eigenvalue weighted by molar-refractivity contribution is 7.92. The number of aryl methyl sites for hydroxylation is 2. The summed E-state index contributed by atoms with van der Waals surface area (Å²) in [6.45, 7) is 4.10. The fraction of sp³-hybridized carbons (Fsp3) is 0.269. The summed E-state index contributed by atoms with van der Waals surface area (Å²) >= 11 is 0. The Morgan fingerprint density at radius 1 is 0.943 bits per heavy atom. The molecule has 0 saturated carbocycles. The molecule has 0 spiro atoms. The fourth-order valence-corrected chi connectivity index (χ4v) is 4.92. The number of nitrogens with one attached hydrogen (secondary N) is 2. The monoisotopic (exact) mass is 498 g/mol. The van der Waals surface area contributed by atoms with Gasteiger partial charge >= 0.3 is 0 Å². The van der Waals surface area contributed by atoms with Gasteiger partial charge in [-0.2, -0.15) is 0 Å². The topological polar surface area (TPSA) is 103 Å². The Bertz CT molecular complexity index is 1270. The van der Waals surface area contributed by atoms with E-state index in [1.54, 1.807) is 63.6 Å². The fourth-order valence-electron chi connectivity index (χ4n) is 3.59. The van der Waals surface area contributed by atoms with E-state index in [0.29, 0.717) is 47.2 Å². The zero-order chi connectivity index (χ0) is 25.4. The molecular weight excluding hydrogens is 468 g/mol. The zero-order valence-corrected chi connectivity index (χ0v) is 21.1. The molecule has 3 aromatic rings. The van der Waals surface area contributed by atoms with Gasteiger partial charge in [0, 0.05) is 17.8 Å². The molecular formula is C26H30N2O6S. The minimum Gasteiger partial charge on any atom is -0.494 e. The van der Waals surface area contributed by atoms with Crippen LogP contribution in [0.2, 0.25) is 0 Å². The second-order valence-electron chi connectivity index (χ2n) is 7.74. The van der Waals surface area contributed by atoms with E-state index in [1.807, 2.05) is 19.1 Å². The van der Waals surface area contributed by atoms with E-state index < -0.39 is 10.0 Å². The van der Waals surface area contributed by atoms with Gasteiger partial charge < -0.3 is 19.5 Å². The van der Waals surface area contributed by atoms with E-state index in [1.165, 1.54) is 6.07 Å². The molecule has 0 radical (unpaired) electrons. The summed E-state index contributed by atoms with van der Waals surface area (Å²) in [5, 5.41) is 2.78.